The lowest BCUT2D eigenvalue weighted by Crippen LogP contribution is -2.13. The van der Waals surface area contributed by atoms with Crippen LogP contribution in [0, 0.1) is 6.92 Å². The third-order valence-electron chi connectivity index (χ3n) is 2.00. The molecular weight excluding hydrogens is 178 g/mol. The molecule has 0 bridgehead atoms. The van der Waals surface area contributed by atoms with Crippen LogP contribution in [-0.2, 0) is 4.74 Å². The zero-order chi connectivity index (χ0) is 10.6. The van der Waals surface area contributed by atoms with Crippen LogP contribution in [0.5, 0.6) is 0 Å². The molecule has 0 saturated heterocycles. The lowest BCUT2D eigenvalue weighted by Gasteiger charge is -2.12. The van der Waals surface area contributed by atoms with Gasteiger partial charge in [-0.15, -0.1) is 0 Å². The van der Waals surface area contributed by atoms with E-state index in [1.807, 2.05) is 6.92 Å². The Morgan fingerprint density at radius 2 is 2.29 bits per heavy atom. The smallest absolute Gasteiger partial charge is 0.203 e. The molecular formula is C10H19N3O. The van der Waals surface area contributed by atoms with Crippen molar-refractivity contribution in [2.75, 3.05) is 25.6 Å². The molecule has 4 heteroatoms. The monoisotopic (exact) mass is 197 g/mol. The highest BCUT2D eigenvalue weighted by molar-refractivity contribution is 5.29. The number of ether oxygens (including phenoxy) is 1. The Bertz CT molecular complexity index is 281. The standard InChI is InChI=1S/C10H19N3O/c1-8(2)13-7-9(3)12-10(13)11-5-6-14-4/h7-8H,5-6H2,1-4H3,(H,11,12). The second-order valence-electron chi connectivity index (χ2n) is 3.63. The van der Waals surface area contributed by atoms with E-state index >= 15 is 0 Å². The average molecular weight is 197 g/mol. The van der Waals surface area contributed by atoms with E-state index in [-0.39, 0.29) is 0 Å². The number of anilines is 1. The molecule has 0 aliphatic carbocycles. The summed E-state index contributed by atoms with van der Waals surface area (Å²) >= 11 is 0. The Labute approximate surface area is 85.3 Å². The first-order chi connectivity index (χ1) is 6.65. The molecule has 80 valence electrons. The van der Waals surface area contributed by atoms with Gasteiger partial charge in [0.2, 0.25) is 5.95 Å². The number of methoxy groups -OCH3 is 1. The second kappa shape index (κ2) is 5.00. The molecule has 4 nitrogen and oxygen atoms in total. The number of hydrogen-bond acceptors (Lipinski definition) is 3. The van der Waals surface area contributed by atoms with Gasteiger partial charge in [-0.05, 0) is 20.8 Å². The maximum atomic E-state index is 4.97. The highest BCUT2D eigenvalue weighted by Gasteiger charge is 2.06. The van der Waals surface area contributed by atoms with Crippen LogP contribution >= 0.6 is 0 Å². The molecule has 0 spiro atoms. The molecule has 0 fully saturated rings. The van der Waals surface area contributed by atoms with Crippen LogP contribution in [-0.4, -0.2) is 29.8 Å². The fraction of sp³-hybridized carbons (Fsp3) is 0.700. The van der Waals surface area contributed by atoms with Crippen LogP contribution < -0.4 is 5.32 Å². The summed E-state index contributed by atoms with van der Waals surface area (Å²) in [5.41, 5.74) is 1.04. The molecule has 0 atom stereocenters. The fourth-order valence-corrected chi connectivity index (χ4v) is 1.31. The molecule has 0 amide bonds. The van der Waals surface area contributed by atoms with Gasteiger partial charge >= 0.3 is 0 Å². The van der Waals surface area contributed by atoms with E-state index in [2.05, 4.69) is 34.9 Å². The summed E-state index contributed by atoms with van der Waals surface area (Å²) in [7, 11) is 1.70. The van der Waals surface area contributed by atoms with Crippen LogP contribution in [0.2, 0.25) is 0 Å². The Balaban J connectivity index is 2.64. The van der Waals surface area contributed by atoms with E-state index in [0.29, 0.717) is 12.6 Å². The number of rotatable bonds is 5. The van der Waals surface area contributed by atoms with Crippen molar-refractivity contribution in [3.8, 4) is 0 Å². The predicted octanol–water partition coefficient (Wildman–Crippen LogP) is 1.83. The molecule has 0 aromatic carbocycles. The molecule has 0 saturated carbocycles. The van der Waals surface area contributed by atoms with E-state index in [1.54, 1.807) is 7.11 Å². The third kappa shape index (κ3) is 2.73. The average Bonchev–Trinajstić information content (AvgIpc) is 2.47. The molecule has 1 rings (SSSR count). The van der Waals surface area contributed by atoms with Crippen molar-refractivity contribution in [1.29, 1.82) is 0 Å². The van der Waals surface area contributed by atoms with Crippen LogP contribution in [0.1, 0.15) is 25.6 Å². The van der Waals surface area contributed by atoms with Crippen molar-refractivity contribution in [3.63, 3.8) is 0 Å². The SMILES string of the molecule is COCCNc1nc(C)cn1C(C)C. The summed E-state index contributed by atoms with van der Waals surface area (Å²) < 4.78 is 7.10. The van der Waals surface area contributed by atoms with Gasteiger partial charge in [0.25, 0.3) is 0 Å². The van der Waals surface area contributed by atoms with Gasteiger partial charge < -0.3 is 14.6 Å². The first-order valence-electron chi connectivity index (χ1n) is 4.93. The molecule has 1 heterocycles. The van der Waals surface area contributed by atoms with E-state index in [9.17, 15) is 0 Å². The minimum Gasteiger partial charge on any atom is -0.383 e. The Kier molecular flexibility index (Phi) is 3.95. The Morgan fingerprint density at radius 1 is 1.57 bits per heavy atom. The molecule has 14 heavy (non-hydrogen) atoms. The maximum absolute atomic E-state index is 4.97. The number of nitrogens with zero attached hydrogens (tertiary/aromatic N) is 2. The molecule has 0 unspecified atom stereocenters. The number of aryl methyl sites for hydroxylation is 1. The van der Waals surface area contributed by atoms with Gasteiger partial charge in [-0.25, -0.2) is 4.98 Å². The number of nitrogens with one attached hydrogen (secondary N) is 1. The number of aromatic nitrogens is 2. The van der Waals surface area contributed by atoms with Gasteiger partial charge in [0.05, 0.1) is 12.3 Å². The highest BCUT2D eigenvalue weighted by Crippen LogP contribution is 2.14. The minimum atomic E-state index is 0.432. The molecule has 0 aliphatic heterocycles. The lowest BCUT2D eigenvalue weighted by molar-refractivity contribution is 0.210. The van der Waals surface area contributed by atoms with Crippen molar-refractivity contribution in [1.82, 2.24) is 9.55 Å². The maximum Gasteiger partial charge on any atom is 0.203 e. The fourth-order valence-electron chi connectivity index (χ4n) is 1.31. The summed E-state index contributed by atoms with van der Waals surface area (Å²) in [4.78, 5) is 4.40. The zero-order valence-electron chi connectivity index (χ0n) is 9.37. The van der Waals surface area contributed by atoms with Gasteiger partial charge in [0.1, 0.15) is 0 Å². The summed E-state index contributed by atoms with van der Waals surface area (Å²) in [5, 5.41) is 3.24. The Morgan fingerprint density at radius 3 is 2.86 bits per heavy atom. The van der Waals surface area contributed by atoms with E-state index in [4.69, 9.17) is 4.74 Å². The third-order valence-corrected chi connectivity index (χ3v) is 2.00. The lowest BCUT2D eigenvalue weighted by atomic mass is 10.4. The quantitative estimate of drug-likeness (QED) is 0.732. The second-order valence-corrected chi connectivity index (χ2v) is 3.63. The minimum absolute atomic E-state index is 0.432. The summed E-state index contributed by atoms with van der Waals surface area (Å²) in [6, 6.07) is 0.432. The zero-order valence-corrected chi connectivity index (χ0v) is 9.37. The first kappa shape index (κ1) is 11.0. The predicted molar refractivity (Wildman–Crippen MR) is 57.7 cm³/mol. The first-order valence-corrected chi connectivity index (χ1v) is 4.93. The van der Waals surface area contributed by atoms with Crippen molar-refractivity contribution >= 4 is 5.95 Å². The van der Waals surface area contributed by atoms with Crippen molar-refractivity contribution < 1.29 is 4.74 Å². The molecule has 1 aromatic heterocycles. The van der Waals surface area contributed by atoms with E-state index in [0.717, 1.165) is 18.2 Å². The van der Waals surface area contributed by atoms with Crippen LogP contribution in [0.25, 0.3) is 0 Å². The van der Waals surface area contributed by atoms with Crippen molar-refractivity contribution in [2.24, 2.45) is 0 Å². The molecule has 0 radical (unpaired) electrons. The Hall–Kier alpha value is -1.03. The van der Waals surface area contributed by atoms with E-state index in [1.165, 1.54) is 0 Å². The summed E-state index contributed by atoms with van der Waals surface area (Å²) in [6.45, 7) is 7.77. The normalized spacial score (nSPS) is 10.9. The van der Waals surface area contributed by atoms with Gasteiger partial charge in [0, 0.05) is 25.9 Å². The number of imidazole rings is 1. The number of hydrogen-bond donors (Lipinski definition) is 1. The molecule has 1 aromatic rings. The van der Waals surface area contributed by atoms with Gasteiger partial charge in [0.15, 0.2) is 0 Å². The van der Waals surface area contributed by atoms with Crippen LogP contribution in [0.4, 0.5) is 5.95 Å². The summed E-state index contributed by atoms with van der Waals surface area (Å²) in [6.07, 6.45) is 2.06. The van der Waals surface area contributed by atoms with Gasteiger partial charge in [-0.2, -0.15) is 0 Å². The van der Waals surface area contributed by atoms with E-state index < -0.39 is 0 Å². The summed E-state index contributed by atoms with van der Waals surface area (Å²) in [5.74, 6) is 0.926. The van der Waals surface area contributed by atoms with Gasteiger partial charge in [-0.3, -0.25) is 0 Å². The van der Waals surface area contributed by atoms with Gasteiger partial charge in [-0.1, -0.05) is 0 Å². The topological polar surface area (TPSA) is 39.1 Å². The van der Waals surface area contributed by atoms with Crippen LogP contribution in [0.3, 0.4) is 0 Å². The molecule has 1 N–H and O–H groups in total. The highest BCUT2D eigenvalue weighted by atomic mass is 16.5. The van der Waals surface area contributed by atoms with Crippen molar-refractivity contribution in [2.45, 2.75) is 26.8 Å². The van der Waals surface area contributed by atoms with Crippen LogP contribution in [0.15, 0.2) is 6.20 Å². The largest absolute Gasteiger partial charge is 0.383 e. The molecule has 0 aliphatic rings. The van der Waals surface area contributed by atoms with Crippen molar-refractivity contribution in [3.05, 3.63) is 11.9 Å².